The molecule has 1 saturated heterocycles. The third-order valence-electron chi connectivity index (χ3n) is 4.94. The maximum Gasteiger partial charge on any atom is 0.265 e. The minimum Gasteiger partial charge on any atom is -0.493 e. The molecule has 0 aliphatic carbocycles. The van der Waals surface area contributed by atoms with Gasteiger partial charge in [-0.05, 0) is 44.0 Å². The van der Waals surface area contributed by atoms with Crippen molar-refractivity contribution in [2.75, 3.05) is 19.7 Å². The number of carbonyl (C=O) groups excluding carboxylic acids is 1. The summed E-state index contributed by atoms with van der Waals surface area (Å²) in [4.78, 5) is 20.2. The zero-order chi connectivity index (χ0) is 20.4. The van der Waals surface area contributed by atoms with E-state index in [2.05, 4.69) is 15.4 Å². The van der Waals surface area contributed by atoms with Gasteiger partial charge in [-0.25, -0.2) is 14.4 Å². The van der Waals surface area contributed by atoms with Crippen LogP contribution in [0.2, 0.25) is 5.02 Å². The second kappa shape index (κ2) is 8.39. The van der Waals surface area contributed by atoms with Crippen molar-refractivity contribution in [3.63, 3.8) is 0 Å². The Kier molecular flexibility index (Phi) is 5.69. The highest BCUT2D eigenvalue weighted by Gasteiger charge is 2.18. The molecule has 2 aromatic carbocycles. The zero-order valence-electron chi connectivity index (χ0n) is 16.1. The molecule has 0 bridgehead atoms. The molecule has 2 heterocycles. The van der Waals surface area contributed by atoms with Crippen molar-refractivity contribution in [2.45, 2.75) is 26.2 Å². The van der Waals surface area contributed by atoms with Gasteiger partial charge in [0, 0.05) is 24.7 Å². The minimum atomic E-state index is -0.510. The predicted octanol–water partition coefficient (Wildman–Crippen LogP) is 4.55. The normalized spacial score (nSPS) is 14.9. The number of nitrogens with zero attached hydrogens (tertiary/aromatic N) is 2. The summed E-state index contributed by atoms with van der Waals surface area (Å²) in [5.41, 5.74) is 5.25. The molecule has 0 atom stereocenters. The molecule has 1 aliphatic rings. The van der Waals surface area contributed by atoms with E-state index in [0.717, 1.165) is 25.9 Å². The number of benzene rings is 2. The Balaban J connectivity index is 1.64. The van der Waals surface area contributed by atoms with Crippen LogP contribution in [0.4, 0.5) is 4.39 Å². The Morgan fingerprint density at radius 1 is 1.28 bits per heavy atom. The fourth-order valence-corrected chi connectivity index (χ4v) is 3.64. The van der Waals surface area contributed by atoms with E-state index in [1.165, 1.54) is 18.6 Å². The first-order chi connectivity index (χ1) is 14.0. The summed E-state index contributed by atoms with van der Waals surface area (Å²) >= 11 is 5.86. The third kappa shape index (κ3) is 4.21. The first-order valence-electron chi connectivity index (χ1n) is 9.73. The Morgan fingerprint density at radius 3 is 2.83 bits per heavy atom. The lowest BCUT2D eigenvalue weighted by molar-refractivity contribution is 0.0749. The second-order valence-electron chi connectivity index (χ2n) is 7.00. The zero-order valence-corrected chi connectivity index (χ0v) is 16.9. The number of aromatic amines is 1. The van der Waals surface area contributed by atoms with Crippen LogP contribution in [0.1, 0.15) is 36.5 Å². The van der Waals surface area contributed by atoms with E-state index in [1.807, 2.05) is 11.9 Å². The van der Waals surface area contributed by atoms with Crippen LogP contribution in [0.15, 0.2) is 30.3 Å². The van der Waals surface area contributed by atoms with E-state index >= 15 is 0 Å². The molecule has 4 rings (SSSR count). The molecule has 2 N–H and O–H groups in total. The summed E-state index contributed by atoms with van der Waals surface area (Å²) in [6.45, 7) is 4.03. The molecule has 8 heteroatoms. The van der Waals surface area contributed by atoms with Crippen molar-refractivity contribution in [1.29, 1.82) is 0 Å². The lowest BCUT2D eigenvalue weighted by Gasteiger charge is -2.26. The maximum absolute atomic E-state index is 13.7. The highest BCUT2D eigenvalue weighted by Crippen LogP contribution is 2.32. The number of nitrogens with one attached hydrogen (secondary N) is 2. The van der Waals surface area contributed by atoms with Gasteiger partial charge >= 0.3 is 0 Å². The third-order valence-corrected chi connectivity index (χ3v) is 5.23. The SMILES string of the molecule is CCOc1cc(C(=O)NN2CCCCC2)ccc1-c1nc2cc(Cl)c(F)cc2[nH]1. The largest absolute Gasteiger partial charge is 0.493 e. The molecule has 1 amide bonds. The molecular formula is C21H22ClFN4O2. The molecule has 0 spiro atoms. The van der Waals surface area contributed by atoms with Crippen molar-refractivity contribution < 1.29 is 13.9 Å². The summed E-state index contributed by atoms with van der Waals surface area (Å²) in [7, 11) is 0. The fraction of sp³-hybridized carbons (Fsp3) is 0.333. The first kappa shape index (κ1) is 19.7. The highest BCUT2D eigenvalue weighted by molar-refractivity contribution is 6.31. The summed E-state index contributed by atoms with van der Waals surface area (Å²) < 4.78 is 19.5. The fourth-order valence-electron chi connectivity index (χ4n) is 3.48. The van der Waals surface area contributed by atoms with E-state index in [0.29, 0.717) is 40.3 Å². The number of H-pyrrole nitrogens is 1. The van der Waals surface area contributed by atoms with Crippen molar-refractivity contribution in [2.24, 2.45) is 0 Å². The Hall–Kier alpha value is -2.64. The van der Waals surface area contributed by atoms with Crippen molar-refractivity contribution in [1.82, 2.24) is 20.4 Å². The number of carbonyl (C=O) groups is 1. The van der Waals surface area contributed by atoms with Gasteiger partial charge < -0.3 is 9.72 Å². The summed E-state index contributed by atoms with van der Waals surface area (Å²) in [5.74, 6) is 0.375. The summed E-state index contributed by atoms with van der Waals surface area (Å²) in [6, 6.07) is 8.02. The van der Waals surface area contributed by atoms with Crippen LogP contribution in [0, 0.1) is 5.82 Å². The van der Waals surface area contributed by atoms with Gasteiger partial charge in [-0.15, -0.1) is 0 Å². The van der Waals surface area contributed by atoms with Crippen molar-refractivity contribution >= 4 is 28.5 Å². The number of rotatable bonds is 5. The van der Waals surface area contributed by atoms with Crippen LogP contribution in [0.5, 0.6) is 5.75 Å². The van der Waals surface area contributed by atoms with Gasteiger partial charge in [0.1, 0.15) is 17.4 Å². The average molecular weight is 417 g/mol. The van der Waals surface area contributed by atoms with E-state index in [9.17, 15) is 9.18 Å². The molecule has 0 saturated carbocycles. The van der Waals surface area contributed by atoms with Gasteiger partial charge in [0.25, 0.3) is 5.91 Å². The summed E-state index contributed by atoms with van der Waals surface area (Å²) in [5, 5.41) is 1.97. The Morgan fingerprint density at radius 2 is 2.07 bits per heavy atom. The van der Waals surface area contributed by atoms with E-state index < -0.39 is 5.82 Å². The topological polar surface area (TPSA) is 70.2 Å². The van der Waals surface area contributed by atoms with Gasteiger partial charge in [0.05, 0.1) is 28.2 Å². The molecule has 1 aliphatic heterocycles. The molecule has 0 radical (unpaired) electrons. The first-order valence-corrected chi connectivity index (χ1v) is 10.1. The minimum absolute atomic E-state index is 0.0188. The molecule has 0 unspecified atom stereocenters. The average Bonchev–Trinajstić information content (AvgIpc) is 3.11. The monoisotopic (exact) mass is 416 g/mol. The van der Waals surface area contributed by atoms with Gasteiger partial charge in [0.15, 0.2) is 0 Å². The molecule has 3 aromatic rings. The Bertz CT molecular complexity index is 1010. The van der Waals surface area contributed by atoms with Crippen LogP contribution in [0.25, 0.3) is 22.4 Å². The smallest absolute Gasteiger partial charge is 0.265 e. The lowest BCUT2D eigenvalue weighted by Crippen LogP contribution is -2.45. The van der Waals surface area contributed by atoms with Crippen LogP contribution in [-0.4, -0.2) is 40.6 Å². The quantitative estimate of drug-likeness (QED) is 0.640. The van der Waals surface area contributed by atoms with Crippen molar-refractivity contribution in [3.8, 4) is 17.1 Å². The maximum atomic E-state index is 13.7. The molecule has 29 heavy (non-hydrogen) atoms. The number of ether oxygens (including phenoxy) is 1. The number of fused-ring (bicyclic) bond motifs is 1. The molecule has 152 valence electrons. The highest BCUT2D eigenvalue weighted by atomic mass is 35.5. The number of amides is 1. The van der Waals surface area contributed by atoms with E-state index in [4.69, 9.17) is 16.3 Å². The van der Waals surface area contributed by atoms with Crippen molar-refractivity contribution in [3.05, 3.63) is 46.7 Å². The number of halogens is 2. The van der Waals surface area contributed by atoms with Crippen LogP contribution < -0.4 is 10.2 Å². The summed E-state index contributed by atoms with van der Waals surface area (Å²) in [6.07, 6.45) is 3.36. The lowest BCUT2D eigenvalue weighted by atomic mass is 10.1. The second-order valence-corrected chi connectivity index (χ2v) is 7.41. The predicted molar refractivity (Wildman–Crippen MR) is 111 cm³/mol. The van der Waals surface area contributed by atoms with Gasteiger partial charge in [0.2, 0.25) is 0 Å². The number of hydrogen-bond acceptors (Lipinski definition) is 4. The molecule has 1 aromatic heterocycles. The van der Waals surface area contributed by atoms with Gasteiger partial charge in [-0.3, -0.25) is 10.2 Å². The van der Waals surface area contributed by atoms with Crippen LogP contribution in [-0.2, 0) is 0 Å². The van der Waals surface area contributed by atoms with E-state index in [1.54, 1.807) is 18.2 Å². The number of piperidine rings is 1. The number of aromatic nitrogens is 2. The molecule has 6 nitrogen and oxygen atoms in total. The Labute approximate surface area is 173 Å². The molecule has 1 fully saturated rings. The van der Waals surface area contributed by atoms with Gasteiger partial charge in [-0.2, -0.15) is 0 Å². The standard InChI is InChI=1S/C21H22ClFN4O2/c1-2-29-19-10-13(21(28)26-27-8-4-3-5-9-27)6-7-14(19)20-24-17-11-15(22)16(23)12-18(17)25-20/h6-7,10-12H,2-5,8-9H2,1H3,(H,24,25)(H,26,28). The number of hydrogen-bond donors (Lipinski definition) is 2. The van der Waals surface area contributed by atoms with Crippen LogP contribution >= 0.6 is 11.6 Å². The van der Waals surface area contributed by atoms with E-state index in [-0.39, 0.29) is 10.9 Å². The number of imidazole rings is 1. The molecular weight excluding hydrogens is 395 g/mol. The van der Waals surface area contributed by atoms with Gasteiger partial charge in [-0.1, -0.05) is 18.0 Å². The number of hydrazine groups is 1. The van der Waals surface area contributed by atoms with Crippen LogP contribution in [0.3, 0.4) is 0 Å².